The summed E-state index contributed by atoms with van der Waals surface area (Å²) in [6.45, 7) is 0. The Labute approximate surface area is 214 Å². The molecule has 0 unspecified atom stereocenters. The van der Waals surface area contributed by atoms with E-state index in [9.17, 15) is 23.3 Å². The summed E-state index contributed by atoms with van der Waals surface area (Å²) in [7, 11) is -3.26. The topological polar surface area (TPSA) is 137 Å². The summed E-state index contributed by atoms with van der Waals surface area (Å²) in [5.74, 6) is -0.519. The van der Waals surface area contributed by atoms with Gasteiger partial charge in [0.15, 0.2) is 21.6 Å². The molecule has 0 radical (unpaired) electrons. The zero-order valence-electron chi connectivity index (χ0n) is 18.4. The fourth-order valence-electron chi connectivity index (χ4n) is 3.10. The molecule has 36 heavy (non-hydrogen) atoms. The van der Waals surface area contributed by atoms with E-state index in [1.54, 1.807) is 30.3 Å². The standard InChI is InChI=1S/C23H16ClN3O7S2/c1-33-18-11-6-14(12-19(18)34-36(31,32)21-5-3-2-4-17(21)27(29)30)13-20-22(28)26-23(35-20)25-16-9-7-15(24)8-10-16/h2-13H,1H3,(H,25,26,28)/b20-13-. The van der Waals surface area contributed by atoms with Gasteiger partial charge in [-0.15, -0.1) is 0 Å². The van der Waals surface area contributed by atoms with Gasteiger partial charge in [0, 0.05) is 11.1 Å². The number of hydrogen-bond donors (Lipinski definition) is 1. The van der Waals surface area contributed by atoms with Crippen LogP contribution < -0.4 is 14.2 Å². The zero-order valence-corrected chi connectivity index (χ0v) is 20.8. The minimum atomic E-state index is -4.58. The molecule has 4 rings (SSSR count). The van der Waals surface area contributed by atoms with Crippen molar-refractivity contribution in [2.45, 2.75) is 4.90 Å². The molecule has 0 atom stereocenters. The summed E-state index contributed by atoms with van der Waals surface area (Å²) in [6, 6.07) is 16.0. The Kier molecular flexibility index (Phi) is 7.29. The monoisotopic (exact) mass is 545 g/mol. The van der Waals surface area contributed by atoms with Gasteiger partial charge in [0.05, 0.1) is 22.6 Å². The van der Waals surface area contributed by atoms with Gasteiger partial charge in [0.2, 0.25) is 0 Å². The number of benzene rings is 3. The van der Waals surface area contributed by atoms with Crippen LogP contribution in [0.2, 0.25) is 5.02 Å². The van der Waals surface area contributed by atoms with Crippen molar-refractivity contribution < 1.29 is 27.1 Å². The number of halogens is 1. The van der Waals surface area contributed by atoms with Crippen LogP contribution in [0.25, 0.3) is 6.08 Å². The van der Waals surface area contributed by atoms with Crippen molar-refractivity contribution in [2.24, 2.45) is 4.99 Å². The molecule has 13 heteroatoms. The Hall–Kier alpha value is -3.87. The number of para-hydroxylation sites is 1. The van der Waals surface area contributed by atoms with Crippen molar-refractivity contribution in [1.82, 2.24) is 5.32 Å². The average molecular weight is 546 g/mol. The van der Waals surface area contributed by atoms with Gasteiger partial charge in [0.1, 0.15) is 0 Å². The highest BCUT2D eigenvalue weighted by atomic mass is 35.5. The number of methoxy groups -OCH3 is 1. The molecular weight excluding hydrogens is 530 g/mol. The van der Waals surface area contributed by atoms with Gasteiger partial charge in [-0.25, -0.2) is 4.99 Å². The Balaban J connectivity index is 1.63. The maximum Gasteiger partial charge on any atom is 0.346 e. The Bertz CT molecular complexity index is 1520. The number of rotatable bonds is 7. The van der Waals surface area contributed by atoms with Crippen LogP contribution in [0.1, 0.15) is 5.56 Å². The van der Waals surface area contributed by atoms with Gasteiger partial charge in [-0.3, -0.25) is 14.9 Å². The van der Waals surface area contributed by atoms with Crippen LogP contribution in [0.15, 0.2) is 81.5 Å². The summed E-state index contributed by atoms with van der Waals surface area (Å²) in [5, 5.41) is 14.9. The second-order valence-electron chi connectivity index (χ2n) is 7.13. The number of hydrogen-bond acceptors (Lipinski definition) is 9. The number of nitro benzene ring substituents is 1. The van der Waals surface area contributed by atoms with Crippen LogP contribution in [-0.4, -0.2) is 31.5 Å². The Morgan fingerprint density at radius 2 is 1.81 bits per heavy atom. The van der Waals surface area contributed by atoms with Gasteiger partial charge in [-0.2, -0.15) is 8.42 Å². The molecule has 1 N–H and O–H groups in total. The first-order valence-electron chi connectivity index (χ1n) is 10.1. The molecule has 1 amide bonds. The predicted octanol–water partition coefficient (Wildman–Crippen LogP) is 4.92. The molecule has 0 aliphatic carbocycles. The number of nitro groups is 1. The minimum absolute atomic E-state index is 0.0767. The molecule has 3 aromatic carbocycles. The Morgan fingerprint density at radius 3 is 2.50 bits per heavy atom. The number of carbonyl (C=O) groups excluding carboxylic acids is 1. The van der Waals surface area contributed by atoms with E-state index in [0.29, 0.717) is 26.3 Å². The number of ether oxygens (including phenoxy) is 1. The molecular formula is C23H16ClN3O7S2. The van der Waals surface area contributed by atoms with E-state index in [1.807, 2.05) is 0 Å². The van der Waals surface area contributed by atoms with Crippen LogP contribution in [0.4, 0.5) is 11.4 Å². The first-order valence-corrected chi connectivity index (χ1v) is 12.7. The molecule has 184 valence electrons. The van der Waals surface area contributed by atoms with Crippen LogP contribution in [0, 0.1) is 10.1 Å². The lowest BCUT2D eigenvalue weighted by atomic mass is 10.2. The molecule has 1 aliphatic heterocycles. The number of carbonyl (C=O) groups is 1. The molecule has 0 bridgehead atoms. The molecule has 3 aromatic rings. The van der Waals surface area contributed by atoms with Crippen LogP contribution in [-0.2, 0) is 14.9 Å². The molecule has 0 aromatic heterocycles. The minimum Gasteiger partial charge on any atom is -0.493 e. The number of nitrogens with one attached hydrogen (secondary N) is 1. The third-order valence-electron chi connectivity index (χ3n) is 4.72. The SMILES string of the molecule is COc1ccc(/C=C2\SC(=Nc3ccc(Cl)cc3)NC2=O)cc1OS(=O)(=O)c1ccccc1[N+](=O)[O-]. The highest BCUT2D eigenvalue weighted by Gasteiger charge is 2.29. The van der Waals surface area contributed by atoms with E-state index in [-0.39, 0.29) is 11.5 Å². The fourth-order valence-corrected chi connectivity index (χ4v) is 5.16. The summed E-state index contributed by atoms with van der Waals surface area (Å²) >= 11 is 6.97. The lowest BCUT2D eigenvalue weighted by molar-refractivity contribution is -0.387. The van der Waals surface area contributed by atoms with Gasteiger partial charge in [0.25, 0.3) is 11.6 Å². The zero-order chi connectivity index (χ0) is 25.9. The summed E-state index contributed by atoms with van der Waals surface area (Å²) < 4.78 is 36.1. The maximum atomic E-state index is 12.9. The normalized spacial score (nSPS) is 15.7. The van der Waals surface area contributed by atoms with Gasteiger partial charge in [-0.1, -0.05) is 29.8 Å². The number of thioether (sulfide) groups is 1. The van der Waals surface area contributed by atoms with E-state index in [2.05, 4.69) is 10.3 Å². The second-order valence-corrected chi connectivity index (χ2v) is 10.1. The van der Waals surface area contributed by atoms with Crippen molar-refractivity contribution >= 4 is 62.0 Å². The van der Waals surface area contributed by atoms with E-state index in [0.717, 1.165) is 23.9 Å². The smallest absolute Gasteiger partial charge is 0.346 e. The third kappa shape index (κ3) is 5.67. The van der Waals surface area contributed by atoms with E-state index >= 15 is 0 Å². The largest absolute Gasteiger partial charge is 0.493 e. The summed E-state index contributed by atoms with van der Waals surface area (Å²) in [6.07, 6.45) is 1.52. The quantitative estimate of drug-likeness (QED) is 0.191. The van der Waals surface area contributed by atoms with Crippen molar-refractivity contribution in [3.05, 3.63) is 92.3 Å². The van der Waals surface area contributed by atoms with Crippen LogP contribution >= 0.6 is 23.4 Å². The third-order valence-corrected chi connectivity index (χ3v) is 7.17. The molecule has 1 fully saturated rings. The summed E-state index contributed by atoms with van der Waals surface area (Å²) in [5.41, 5.74) is 0.402. The average Bonchev–Trinajstić information content (AvgIpc) is 3.18. The number of amidine groups is 1. The van der Waals surface area contributed by atoms with E-state index in [1.165, 1.54) is 37.5 Å². The predicted molar refractivity (Wildman–Crippen MR) is 136 cm³/mol. The second kappa shape index (κ2) is 10.4. The van der Waals surface area contributed by atoms with E-state index in [4.69, 9.17) is 20.5 Å². The Morgan fingerprint density at radius 1 is 1.08 bits per heavy atom. The van der Waals surface area contributed by atoms with Gasteiger partial charge >= 0.3 is 10.1 Å². The molecule has 1 heterocycles. The molecule has 1 saturated heterocycles. The first kappa shape index (κ1) is 25.2. The molecule has 1 aliphatic rings. The van der Waals surface area contributed by atoms with Gasteiger partial charge < -0.3 is 14.2 Å². The first-order chi connectivity index (χ1) is 17.2. The number of amides is 1. The highest BCUT2D eigenvalue weighted by Crippen LogP contribution is 2.35. The lowest BCUT2D eigenvalue weighted by Crippen LogP contribution is -2.19. The fraction of sp³-hybridized carbons (Fsp3) is 0.0435. The summed E-state index contributed by atoms with van der Waals surface area (Å²) in [4.78, 5) is 27.0. The van der Waals surface area contributed by atoms with E-state index < -0.39 is 31.5 Å². The molecule has 0 saturated carbocycles. The van der Waals surface area contributed by atoms with Crippen LogP contribution in [0.5, 0.6) is 11.5 Å². The van der Waals surface area contributed by atoms with Crippen molar-refractivity contribution in [1.29, 1.82) is 0 Å². The number of nitrogens with zero attached hydrogens (tertiary/aromatic N) is 2. The highest BCUT2D eigenvalue weighted by molar-refractivity contribution is 8.18. The van der Waals surface area contributed by atoms with Crippen LogP contribution in [0.3, 0.4) is 0 Å². The van der Waals surface area contributed by atoms with Crippen molar-refractivity contribution in [3.8, 4) is 11.5 Å². The molecule has 0 spiro atoms. The number of aliphatic imine (C=N–C) groups is 1. The molecule has 10 nitrogen and oxygen atoms in total. The van der Waals surface area contributed by atoms with Crippen molar-refractivity contribution in [2.75, 3.05) is 7.11 Å². The van der Waals surface area contributed by atoms with Gasteiger partial charge in [-0.05, 0) is 65.9 Å². The maximum absolute atomic E-state index is 12.9. The lowest BCUT2D eigenvalue weighted by Gasteiger charge is -2.11. The van der Waals surface area contributed by atoms with Crippen molar-refractivity contribution in [3.63, 3.8) is 0 Å².